The minimum absolute atomic E-state index is 1.08. The molecule has 0 N–H and O–H groups in total. The van der Waals surface area contributed by atoms with Gasteiger partial charge < -0.3 is 4.90 Å². The molecule has 1 nitrogen and oxygen atoms in total. The summed E-state index contributed by atoms with van der Waals surface area (Å²) in [5.41, 5.74) is 9.04. The van der Waals surface area contributed by atoms with E-state index >= 15 is 0 Å². The van der Waals surface area contributed by atoms with Crippen LogP contribution in [0.4, 0.5) is 5.69 Å². The van der Waals surface area contributed by atoms with E-state index in [1.165, 1.54) is 57.2 Å². The molecule has 0 saturated heterocycles. The van der Waals surface area contributed by atoms with Gasteiger partial charge in [0.15, 0.2) is 0 Å². The summed E-state index contributed by atoms with van der Waals surface area (Å²) in [5.74, 6) is 0. The van der Waals surface area contributed by atoms with Crippen LogP contribution in [0, 0.1) is 0 Å². The lowest BCUT2D eigenvalue weighted by Crippen LogP contribution is -2.19. The number of fused-ring (bicyclic) bond motifs is 7. The smallest absolute Gasteiger partial charge is 0.0482 e. The van der Waals surface area contributed by atoms with Crippen molar-refractivity contribution in [3.63, 3.8) is 0 Å². The average Bonchev–Trinajstić information content (AvgIpc) is 3.15. The topological polar surface area (TPSA) is 3.24 Å². The number of anilines is 1. The summed E-state index contributed by atoms with van der Waals surface area (Å²) in [6, 6.07) is 18.1. The first kappa shape index (κ1) is 12.3. The number of likely N-dealkylation sites (N-methyl/N-ethyl adjacent to an activating group) is 1. The molecule has 0 saturated carbocycles. The van der Waals surface area contributed by atoms with Gasteiger partial charge in [-0.3, -0.25) is 0 Å². The molecule has 3 aromatic rings. The van der Waals surface area contributed by atoms with Crippen LogP contribution in [0.2, 0.25) is 0 Å². The highest BCUT2D eigenvalue weighted by atomic mass is 15.1. The standard InChI is InChI=1S/C21H19N/c1-2-22-12-11-15-7-8-16-13-19-17-6-4-3-5-14(17)9-10-18(19)20(16)21(15)22/h3-10H,2,11-13H2,1H3. The zero-order valence-electron chi connectivity index (χ0n) is 12.9. The molecule has 3 aromatic carbocycles. The largest absolute Gasteiger partial charge is 0.371 e. The Morgan fingerprint density at radius 3 is 2.73 bits per heavy atom. The number of nitrogens with zero attached hydrogens (tertiary/aromatic N) is 1. The lowest BCUT2D eigenvalue weighted by Gasteiger charge is -2.20. The van der Waals surface area contributed by atoms with Gasteiger partial charge in [0.1, 0.15) is 0 Å². The number of hydrogen-bond donors (Lipinski definition) is 0. The molecular formula is C21H19N. The molecule has 0 unspecified atom stereocenters. The third-order valence-corrected chi connectivity index (χ3v) is 5.37. The number of rotatable bonds is 1. The highest BCUT2D eigenvalue weighted by Gasteiger charge is 2.29. The Labute approximate surface area is 131 Å². The highest BCUT2D eigenvalue weighted by Crippen LogP contribution is 2.48. The van der Waals surface area contributed by atoms with Crippen molar-refractivity contribution in [2.45, 2.75) is 19.8 Å². The molecule has 0 aromatic heterocycles. The summed E-state index contributed by atoms with van der Waals surface area (Å²) in [5, 5.41) is 2.78. The van der Waals surface area contributed by atoms with Gasteiger partial charge in [-0.1, -0.05) is 48.5 Å². The predicted octanol–water partition coefficient (Wildman–Crippen LogP) is 4.79. The fourth-order valence-corrected chi connectivity index (χ4v) is 4.32. The summed E-state index contributed by atoms with van der Waals surface area (Å²) >= 11 is 0. The molecule has 1 heteroatoms. The first-order valence-electron chi connectivity index (χ1n) is 8.27. The number of hydrogen-bond acceptors (Lipinski definition) is 1. The molecule has 0 amide bonds. The molecular weight excluding hydrogens is 266 g/mol. The third-order valence-electron chi connectivity index (χ3n) is 5.37. The van der Waals surface area contributed by atoms with Gasteiger partial charge in [0, 0.05) is 24.3 Å². The Balaban J connectivity index is 1.83. The van der Waals surface area contributed by atoms with Crippen LogP contribution in [0.25, 0.3) is 21.9 Å². The Morgan fingerprint density at radius 1 is 0.955 bits per heavy atom. The van der Waals surface area contributed by atoms with Crippen molar-refractivity contribution in [3.8, 4) is 11.1 Å². The molecule has 108 valence electrons. The van der Waals surface area contributed by atoms with Crippen LogP contribution in [-0.2, 0) is 12.8 Å². The van der Waals surface area contributed by atoms with Crippen LogP contribution in [-0.4, -0.2) is 13.1 Å². The van der Waals surface area contributed by atoms with Gasteiger partial charge in [-0.05, 0) is 52.8 Å². The van der Waals surface area contributed by atoms with Crippen molar-refractivity contribution in [1.29, 1.82) is 0 Å². The molecule has 1 aliphatic heterocycles. The van der Waals surface area contributed by atoms with E-state index in [0.717, 1.165) is 13.0 Å². The van der Waals surface area contributed by atoms with E-state index in [9.17, 15) is 0 Å². The van der Waals surface area contributed by atoms with Gasteiger partial charge in [-0.25, -0.2) is 0 Å². The van der Waals surface area contributed by atoms with Crippen molar-refractivity contribution < 1.29 is 0 Å². The maximum atomic E-state index is 2.55. The van der Waals surface area contributed by atoms with Crippen LogP contribution in [0.3, 0.4) is 0 Å². The van der Waals surface area contributed by atoms with E-state index in [2.05, 4.69) is 60.4 Å². The Morgan fingerprint density at radius 2 is 1.82 bits per heavy atom. The van der Waals surface area contributed by atoms with Crippen molar-refractivity contribution in [3.05, 3.63) is 65.2 Å². The quantitative estimate of drug-likeness (QED) is 0.486. The normalized spacial score (nSPS) is 15.0. The van der Waals surface area contributed by atoms with Crippen molar-refractivity contribution in [2.24, 2.45) is 0 Å². The first-order chi connectivity index (χ1) is 10.9. The molecule has 0 spiro atoms. The monoisotopic (exact) mass is 285 g/mol. The molecule has 1 aliphatic carbocycles. The summed E-state index contributed by atoms with van der Waals surface area (Å²) in [7, 11) is 0. The van der Waals surface area contributed by atoms with Gasteiger partial charge in [-0.15, -0.1) is 0 Å². The average molecular weight is 285 g/mol. The lowest BCUT2D eigenvalue weighted by molar-refractivity contribution is 0.869. The van der Waals surface area contributed by atoms with Gasteiger partial charge in [-0.2, -0.15) is 0 Å². The van der Waals surface area contributed by atoms with E-state index < -0.39 is 0 Å². The van der Waals surface area contributed by atoms with E-state index in [0.29, 0.717) is 0 Å². The minimum Gasteiger partial charge on any atom is -0.371 e. The van der Waals surface area contributed by atoms with Crippen LogP contribution in [0.1, 0.15) is 23.6 Å². The first-order valence-corrected chi connectivity index (χ1v) is 8.27. The molecule has 1 heterocycles. The summed E-state index contributed by atoms with van der Waals surface area (Å²) in [6.45, 7) is 4.54. The number of benzene rings is 3. The van der Waals surface area contributed by atoms with E-state index in [-0.39, 0.29) is 0 Å². The summed E-state index contributed by atoms with van der Waals surface area (Å²) in [4.78, 5) is 2.55. The van der Waals surface area contributed by atoms with E-state index in [1.54, 1.807) is 0 Å². The molecule has 2 aliphatic rings. The van der Waals surface area contributed by atoms with Crippen molar-refractivity contribution >= 4 is 16.5 Å². The summed E-state index contributed by atoms with van der Waals surface area (Å²) in [6.07, 6.45) is 2.27. The molecule has 0 bridgehead atoms. The molecule has 0 fully saturated rings. The van der Waals surface area contributed by atoms with Gasteiger partial charge in [0.25, 0.3) is 0 Å². The Kier molecular flexibility index (Phi) is 2.43. The fraction of sp³-hybridized carbons (Fsp3) is 0.238. The second kappa shape index (κ2) is 4.36. The minimum atomic E-state index is 1.08. The Bertz CT molecular complexity index is 907. The maximum Gasteiger partial charge on any atom is 0.0482 e. The van der Waals surface area contributed by atoms with Crippen molar-refractivity contribution in [2.75, 3.05) is 18.0 Å². The van der Waals surface area contributed by atoms with E-state index in [1.807, 2.05) is 0 Å². The van der Waals surface area contributed by atoms with Gasteiger partial charge >= 0.3 is 0 Å². The third kappa shape index (κ3) is 1.49. The van der Waals surface area contributed by atoms with Gasteiger partial charge in [0.05, 0.1) is 0 Å². The summed E-state index contributed by atoms with van der Waals surface area (Å²) < 4.78 is 0. The molecule has 0 atom stereocenters. The zero-order valence-corrected chi connectivity index (χ0v) is 12.9. The Hall–Kier alpha value is -2.28. The predicted molar refractivity (Wildman–Crippen MR) is 93.8 cm³/mol. The fourth-order valence-electron chi connectivity index (χ4n) is 4.32. The zero-order chi connectivity index (χ0) is 14.7. The SMILES string of the molecule is CCN1CCc2ccc3c(c21)-c1ccc2ccccc2c1C3. The van der Waals surface area contributed by atoms with Crippen LogP contribution >= 0.6 is 0 Å². The van der Waals surface area contributed by atoms with Gasteiger partial charge in [0.2, 0.25) is 0 Å². The van der Waals surface area contributed by atoms with Crippen LogP contribution in [0.15, 0.2) is 48.5 Å². The van der Waals surface area contributed by atoms with Crippen molar-refractivity contribution in [1.82, 2.24) is 0 Å². The second-order valence-corrected chi connectivity index (χ2v) is 6.43. The maximum absolute atomic E-state index is 2.55. The highest BCUT2D eigenvalue weighted by molar-refractivity contribution is 5.99. The van der Waals surface area contributed by atoms with Crippen LogP contribution in [0.5, 0.6) is 0 Å². The molecule has 22 heavy (non-hydrogen) atoms. The van der Waals surface area contributed by atoms with E-state index in [4.69, 9.17) is 0 Å². The van der Waals surface area contributed by atoms with Crippen LogP contribution < -0.4 is 4.90 Å². The lowest BCUT2D eigenvalue weighted by atomic mass is 9.97. The molecule has 5 rings (SSSR count). The second-order valence-electron chi connectivity index (χ2n) is 6.43. The molecule has 0 radical (unpaired) electrons.